The standard InChI is InChI=1S/C45H80N2O5/c1-3-5-7-9-11-13-15-17-19-21-23-26-30-35-41(36-31-27-25-28-32-38-43(48)47-42(45(50)51)37-34-40-46)52-44(49)39-33-29-24-22-20-18-16-14-12-10-8-6-4-2/h6,8,12,14,18,20-21,23,41-42H,3-5,7,9-11,13,15-17,19,22,24-40,46H2,1-2H3,(H,47,48)(H,50,51)/b8-6-,14-12-,20-18-,23-21-. The summed E-state index contributed by atoms with van der Waals surface area (Å²) in [6.45, 7) is 4.82. The summed E-state index contributed by atoms with van der Waals surface area (Å²) in [7, 11) is 0. The van der Waals surface area contributed by atoms with Crippen molar-refractivity contribution in [3.63, 3.8) is 0 Å². The van der Waals surface area contributed by atoms with Crippen molar-refractivity contribution in [3.8, 4) is 0 Å². The van der Waals surface area contributed by atoms with Crippen LogP contribution in [0.2, 0.25) is 0 Å². The van der Waals surface area contributed by atoms with E-state index in [2.05, 4.69) is 67.8 Å². The first-order valence-electron chi connectivity index (χ1n) is 21.5. The highest BCUT2D eigenvalue weighted by atomic mass is 16.5. The second-order valence-electron chi connectivity index (χ2n) is 14.4. The van der Waals surface area contributed by atoms with Gasteiger partial charge in [0.25, 0.3) is 0 Å². The molecular formula is C45H80N2O5. The van der Waals surface area contributed by atoms with E-state index in [1.807, 2.05) is 0 Å². The van der Waals surface area contributed by atoms with Gasteiger partial charge in [-0.2, -0.15) is 0 Å². The molecule has 7 heteroatoms. The highest BCUT2D eigenvalue weighted by Gasteiger charge is 2.19. The Kier molecular flexibility index (Phi) is 37.5. The number of carboxylic acids is 1. The molecule has 0 saturated heterocycles. The number of aliphatic carboxylic acids is 1. The summed E-state index contributed by atoms with van der Waals surface area (Å²) in [5, 5.41) is 11.9. The van der Waals surface area contributed by atoms with Crippen LogP contribution in [0.3, 0.4) is 0 Å². The largest absolute Gasteiger partial charge is 0.480 e. The number of carbonyl (C=O) groups excluding carboxylic acids is 2. The maximum atomic E-state index is 12.8. The molecule has 0 fully saturated rings. The summed E-state index contributed by atoms with van der Waals surface area (Å²) in [5.41, 5.74) is 5.48. The highest BCUT2D eigenvalue weighted by Crippen LogP contribution is 2.18. The first kappa shape index (κ1) is 49.3. The number of unbranched alkanes of at least 4 members (excludes halogenated alkanes) is 16. The molecule has 300 valence electrons. The smallest absolute Gasteiger partial charge is 0.326 e. The molecule has 0 saturated carbocycles. The van der Waals surface area contributed by atoms with Crippen molar-refractivity contribution in [3.05, 3.63) is 48.6 Å². The average Bonchev–Trinajstić information content (AvgIpc) is 3.13. The van der Waals surface area contributed by atoms with Crippen molar-refractivity contribution in [1.82, 2.24) is 5.32 Å². The van der Waals surface area contributed by atoms with Crippen LogP contribution in [0.5, 0.6) is 0 Å². The quantitative estimate of drug-likeness (QED) is 0.0331. The van der Waals surface area contributed by atoms with E-state index < -0.39 is 12.0 Å². The lowest BCUT2D eigenvalue weighted by Gasteiger charge is -2.18. The van der Waals surface area contributed by atoms with Crippen LogP contribution >= 0.6 is 0 Å². The van der Waals surface area contributed by atoms with Crippen LogP contribution in [-0.4, -0.2) is 41.6 Å². The molecule has 0 aromatic rings. The normalized spacial score (nSPS) is 13.1. The molecule has 1 amide bonds. The van der Waals surface area contributed by atoms with Gasteiger partial charge in [0.15, 0.2) is 0 Å². The third-order valence-corrected chi connectivity index (χ3v) is 9.38. The number of rotatable bonds is 38. The van der Waals surface area contributed by atoms with E-state index in [9.17, 15) is 19.5 Å². The number of nitrogens with two attached hydrogens (primary N) is 1. The number of amides is 1. The van der Waals surface area contributed by atoms with Crippen LogP contribution in [0.15, 0.2) is 48.6 Å². The Morgan fingerprint density at radius 3 is 1.71 bits per heavy atom. The number of hydrogen-bond donors (Lipinski definition) is 3. The molecule has 0 aromatic carbocycles. The Bertz CT molecular complexity index is 957. The number of carboxylic acid groups (broad SMARTS) is 1. The van der Waals surface area contributed by atoms with Gasteiger partial charge in [-0.3, -0.25) is 9.59 Å². The number of nitrogens with one attached hydrogen (secondary N) is 1. The summed E-state index contributed by atoms with van der Waals surface area (Å²) in [6.07, 6.45) is 47.2. The lowest BCUT2D eigenvalue weighted by Crippen LogP contribution is -2.40. The SMILES string of the molecule is CC/C=C\C/C=C\C/C=C\CCCCCC(=O)OC(CCC/C=C\CCCCCCCCCC)CCCCCCCC(=O)NC(CCCN)C(=O)O. The molecule has 0 bridgehead atoms. The van der Waals surface area contributed by atoms with Crippen molar-refractivity contribution < 1.29 is 24.2 Å². The molecule has 2 atom stereocenters. The number of esters is 1. The van der Waals surface area contributed by atoms with Crippen molar-refractivity contribution in [2.24, 2.45) is 5.73 Å². The van der Waals surface area contributed by atoms with E-state index in [1.165, 1.54) is 51.4 Å². The predicted octanol–water partition coefficient (Wildman–Crippen LogP) is 12.0. The molecule has 0 aliphatic carbocycles. The fraction of sp³-hybridized carbons (Fsp3) is 0.756. The van der Waals surface area contributed by atoms with Crippen molar-refractivity contribution in [2.45, 2.75) is 212 Å². The number of hydrogen-bond acceptors (Lipinski definition) is 5. The van der Waals surface area contributed by atoms with E-state index in [0.717, 1.165) is 109 Å². The van der Waals surface area contributed by atoms with Crippen molar-refractivity contribution in [2.75, 3.05) is 6.54 Å². The fourth-order valence-corrected chi connectivity index (χ4v) is 6.17. The van der Waals surface area contributed by atoms with E-state index in [4.69, 9.17) is 10.5 Å². The molecule has 0 aliphatic rings. The molecular weight excluding hydrogens is 649 g/mol. The van der Waals surface area contributed by atoms with E-state index in [0.29, 0.717) is 32.2 Å². The van der Waals surface area contributed by atoms with Gasteiger partial charge in [-0.25, -0.2) is 4.79 Å². The van der Waals surface area contributed by atoms with Gasteiger partial charge < -0.3 is 20.9 Å². The first-order valence-corrected chi connectivity index (χ1v) is 21.5. The molecule has 2 unspecified atom stereocenters. The van der Waals surface area contributed by atoms with E-state index in [-0.39, 0.29) is 18.0 Å². The maximum Gasteiger partial charge on any atom is 0.326 e. The number of carbonyl (C=O) groups is 3. The molecule has 52 heavy (non-hydrogen) atoms. The number of allylic oxidation sites excluding steroid dienone is 8. The topological polar surface area (TPSA) is 119 Å². The Morgan fingerprint density at radius 1 is 0.577 bits per heavy atom. The van der Waals surface area contributed by atoms with E-state index >= 15 is 0 Å². The molecule has 4 N–H and O–H groups in total. The van der Waals surface area contributed by atoms with Gasteiger partial charge in [0.05, 0.1) is 0 Å². The lowest BCUT2D eigenvalue weighted by atomic mass is 10.0. The molecule has 0 aliphatic heterocycles. The minimum absolute atomic E-state index is 0.0330. The summed E-state index contributed by atoms with van der Waals surface area (Å²) in [4.78, 5) is 36.3. The minimum Gasteiger partial charge on any atom is -0.480 e. The Balaban J connectivity index is 4.43. The third kappa shape index (κ3) is 35.7. The van der Waals surface area contributed by atoms with Crippen LogP contribution < -0.4 is 11.1 Å². The zero-order valence-corrected chi connectivity index (χ0v) is 33.6. The molecule has 7 nitrogen and oxygen atoms in total. The molecule has 0 aromatic heterocycles. The molecule has 0 spiro atoms. The second kappa shape index (κ2) is 39.5. The molecule has 0 radical (unpaired) electrons. The van der Waals surface area contributed by atoms with Crippen LogP contribution in [0.25, 0.3) is 0 Å². The minimum atomic E-state index is -1.01. The zero-order chi connectivity index (χ0) is 38.2. The van der Waals surface area contributed by atoms with E-state index in [1.54, 1.807) is 0 Å². The Morgan fingerprint density at radius 2 is 1.08 bits per heavy atom. The second-order valence-corrected chi connectivity index (χ2v) is 14.4. The predicted molar refractivity (Wildman–Crippen MR) is 220 cm³/mol. The van der Waals surface area contributed by atoms with Gasteiger partial charge in [0, 0.05) is 12.8 Å². The summed E-state index contributed by atoms with van der Waals surface area (Å²) in [6, 6.07) is -0.862. The van der Waals surface area contributed by atoms with Crippen molar-refractivity contribution >= 4 is 17.8 Å². The summed E-state index contributed by atoms with van der Waals surface area (Å²) in [5.74, 6) is -1.28. The highest BCUT2D eigenvalue weighted by molar-refractivity contribution is 5.83. The van der Waals surface area contributed by atoms with Gasteiger partial charge in [-0.05, 0) is 109 Å². The van der Waals surface area contributed by atoms with Crippen molar-refractivity contribution in [1.29, 1.82) is 0 Å². The Hall–Kier alpha value is -2.67. The van der Waals surface area contributed by atoms with Gasteiger partial charge in [0.2, 0.25) is 5.91 Å². The van der Waals surface area contributed by atoms with Crippen LogP contribution in [0, 0.1) is 0 Å². The first-order chi connectivity index (χ1) is 25.4. The van der Waals surface area contributed by atoms with Crippen LogP contribution in [-0.2, 0) is 19.1 Å². The van der Waals surface area contributed by atoms with Gasteiger partial charge >= 0.3 is 11.9 Å². The van der Waals surface area contributed by atoms with Gasteiger partial charge in [-0.15, -0.1) is 0 Å². The number of ether oxygens (including phenoxy) is 1. The van der Waals surface area contributed by atoms with Gasteiger partial charge in [0.1, 0.15) is 12.1 Å². The average molecular weight is 729 g/mol. The summed E-state index contributed by atoms with van der Waals surface area (Å²) >= 11 is 0. The summed E-state index contributed by atoms with van der Waals surface area (Å²) < 4.78 is 6.01. The Labute approximate surface area is 319 Å². The fourth-order valence-electron chi connectivity index (χ4n) is 6.17. The maximum absolute atomic E-state index is 12.8. The molecule has 0 rings (SSSR count). The third-order valence-electron chi connectivity index (χ3n) is 9.38. The molecule has 0 heterocycles. The lowest BCUT2D eigenvalue weighted by molar-refractivity contribution is -0.150. The van der Waals surface area contributed by atoms with Crippen LogP contribution in [0.1, 0.15) is 200 Å². The zero-order valence-electron chi connectivity index (χ0n) is 33.6. The van der Waals surface area contributed by atoms with Gasteiger partial charge in [-0.1, -0.05) is 133 Å². The van der Waals surface area contributed by atoms with Crippen LogP contribution in [0.4, 0.5) is 0 Å². The monoisotopic (exact) mass is 729 g/mol.